The highest BCUT2D eigenvalue weighted by molar-refractivity contribution is 6.30. The maximum absolute atomic E-state index is 12.2. The molecule has 3 rings (SSSR count). The topological polar surface area (TPSA) is 109 Å². The van der Waals surface area contributed by atoms with E-state index >= 15 is 0 Å². The average Bonchev–Trinajstić information content (AvgIpc) is 3.28. The monoisotopic (exact) mass is 575 g/mol. The van der Waals surface area contributed by atoms with Gasteiger partial charge in [-0.1, -0.05) is 29.8 Å². The van der Waals surface area contributed by atoms with Gasteiger partial charge in [-0.3, -0.25) is 4.79 Å². The van der Waals surface area contributed by atoms with E-state index in [0.717, 1.165) is 10.7 Å². The molecule has 0 fully saturated rings. The van der Waals surface area contributed by atoms with Crippen LogP contribution in [0.1, 0.15) is 29.8 Å². The van der Waals surface area contributed by atoms with Crippen LogP contribution in [0.3, 0.4) is 0 Å². The zero-order valence-electron chi connectivity index (χ0n) is 21.9. The van der Waals surface area contributed by atoms with Gasteiger partial charge < -0.3 is 21.7 Å². The quantitative estimate of drug-likeness (QED) is 0.222. The third-order valence-electron chi connectivity index (χ3n) is 4.42. The third-order valence-corrected chi connectivity index (χ3v) is 4.68. The number of benzene rings is 1. The minimum Gasteiger partial charge on any atom is -0.394 e. The Morgan fingerprint density at radius 3 is 2.24 bits per heavy atom. The SMILES string of the molecule is C/C=C/NC.C/C=C\Cc1c(C(=O)NCC(F)(F)F)cn2ncnc(N)c12.CCl.CNc1ccc(Cl)cc1. The molecule has 0 aliphatic rings. The predicted octanol–water partition coefficient (Wildman–Crippen LogP) is 5.70. The first-order valence-electron chi connectivity index (χ1n) is 11.2. The minimum atomic E-state index is -4.48. The summed E-state index contributed by atoms with van der Waals surface area (Å²) in [7, 11) is 3.75. The molecule has 1 aromatic carbocycles. The highest BCUT2D eigenvalue weighted by Gasteiger charge is 2.29. The van der Waals surface area contributed by atoms with Crippen molar-refractivity contribution in [1.82, 2.24) is 25.2 Å². The summed E-state index contributed by atoms with van der Waals surface area (Å²) in [5.74, 6) is -0.675. The van der Waals surface area contributed by atoms with Crippen molar-refractivity contribution in [3.8, 4) is 0 Å². The number of nitrogens with one attached hydrogen (secondary N) is 3. The molecule has 0 aliphatic heterocycles. The third kappa shape index (κ3) is 12.7. The summed E-state index contributed by atoms with van der Waals surface area (Å²) >= 11 is 10.3. The lowest BCUT2D eigenvalue weighted by Gasteiger charge is -2.08. The highest BCUT2D eigenvalue weighted by atomic mass is 35.5. The number of hydrogen-bond acceptors (Lipinski definition) is 6. The molecular formula is C25H34Cl2F3N7O. The fraction of sp³-hybridized carbons (Fsp3) is 0.320. The second-order valence-corrected chi connectivity index (χ2v) is 7.51. The number of nitrogens with zero attached hydrogens (tertiary/aromatic N) is 3. The van der Waals surface area contributed by atoms with Crippen LogP contribution in [-0.4, -0.2) is 53.7 Å². The summed E-state index contributed by atoms with van der Waals surface area (Å²) < 4.78 is 38.0. The molecule has 1 amide bonds. The van der Waals surface area contributed by atoms with Gasteiger partial charge in [0.05, 0.1) is 5.56 Å². The van der Waals surface area contributed by atoms with Crippen LogP contribution >= 0.6 is 23.2 Å². The van der Waals surface area contributed by atoms with Crippen LogP contribution in [0.2, 0.25) is 5.02 Å². The van der Waals surface area contributed by atoms with Crippen molar-refractivity contribution in [2.24, 2.45) is 0 Å². The highest BCUT2D eigenvalue weighted by Crippen LogP contribution is 2.23. The van der Waals surface area contributed by atoms with E-state index in [1.165, 1.54) is 23.4 Å². The fourth-order valence-electron chi connectivity index (χ4n) is 2.80. The number of anilines is 2. The molecule has 8 nitrogen and oxygen atoms in total. The lowest BCUT2D eigenvalue weighted by Crippen LogP contribution is -2.33. The standard InChI is InChI=1S/C13H14F3N5O.C7H8ClN.C4H9N.CH3Cl/c1-2-3-4-8-9(12(22)18-6-13(14,15)16)5-21-10(8)11(17)19-7-20-21;1-9-7-4-2-6(8)3-5-7;1-3-4-5-2;1-2/h2-3,5,7H,4,6H2,1H3,(H,18,22)(H2,17,19,20);2-5,9H,1H3;3-5H,1-2H3;1H3/b3-2-;;4-3+;. The normalized spacial score (nSPS) is 10.6. The molecule has 0 spiro atoms. The summed E-state index contributed by atoms with van der Waals surface area (Å²) in [6.07, 6.45) is 7.23. The van der Waals surface area contributed by atoms with Crippen LogP contribution in [0.4, 0.5) is 24.7 Å². The molecule has 2 aromatic heterocycles. The summed E-state index contributed by atoms with van der Waals surface area (Å²) in [6.45, 7) is 2.36. The van der Waals surface area contributed by atoms with Gasteiger partial charge in [-0.05, 0) is 56.3 Å². The number of halogens is 5. The van der Waals surface area contributed by atoms with Gasteiger partial charge >= 0.3 is 6.18 Å². The number of alkyl halides is 4. The van der Waals surface area contributed by atoms with Crippen LogP contribution in [0.15, 0.2) is 61.2 Å². The lowest BCUT2D eigenvalue weighted by atomic mass is 10.1. The predicted molar refractivity (Wildman–Crippen MR) is 151 cm³/mol. The number of fused-ring (bicyclic) bond motifs is 1. The van der Waals surface area contributed by atoms with Crippen molar-refractivity contribution in [2.45, 2.75) is 26.4 Å². The van der Waals surface area contributed by atoms with Crippen molar-refractivity contribution in [2.75, 3.05) is 38.1 Å². The van der Waals surface area contributed by atoms with Gasteiger partial charge in [0.2, 0.25) is 0 Å². The van der Waals surface area contributed by atoms with Crippen LogP contribution in [-0.2, 0) is 6.42 Å². The number of hydrogen-bond donors (Lipinski definition) is 4. The van der Waals surface area contributed by atoms with E-state index in [4.69, 9.17) is 17.3 Å². The number of rotatable bonds is 6. The van der Waals surface area contributed by atoms with Gasteiger partial charge in [0, 0.05) is 37.4 Å². The molecule has 2 heterocycles. The van der Waals surface area contributed by atoms with E-state index in [1.54, 1.807) is 19.1 Å². The van der Waals surface area contributed by atoms with Crippen LogP contribution < -0.4 is 21.7 Å². The molecule has 0 bridgehead atoms. The Bertz CT molecular complexity index is 1150. The Hall–Kier alpha value is -3.44. The number of nitrogens with two attached hydrogens (primary N) is 1. The van der Waals surface area contributed by atoms with Gasteiger partial charge in [-0.2, -0.15) is 18.3 Å². The van der Waals surface area contributed by atoms with Crippen LogP contribution in [0.5, 0.6) is 0 Å². The summed E-state index contributed by atoms with van der Waals surface area (Å²) in [6, 6.07) is 7.57. The second kappa shape index (κ2) is 18.8. The first kappa shape index (κ1) is 34.6. The van der Waals surface area contributed by atoms with Crippen LogP contribution in [0.25, 0.3) is 5.52 Å². The Morgan fingerprint density at radius 2 is 1.76 bits per heavy atom. The molecule has 0 saturated carbocycles. The first-order chi connectivity index (χ1) is 18.1. The molecule has 13 heteroatoms. The van der Waals surface area contributed by atoms with Gasteiger partial charge in [-0.15, -0.1) is 11.6 Å². The largest absolute Gasteiger partial charge is 0.405 e. The van der Waals surface area contributed by atoms with Gasteiger partial charge in [-0.25, -0.2) is 9.50 Å². The number of amides is 1. The van der Waals surface area contributed by atoms with Crippen molar-refractivity contribution in [3.63, 3.8) is 0 Å². The molecule has 5 N–H and O–H groups in total. The molecule has 0 radical (unpaired) electrons. The maximum Gasteiger partial charge on any atom is 0.405 e. The summed E-state index contributed by atoms with van der Waals surface area (Å²) in [5.41, 5.74) is 7.85. The Morgan fingerprint density at radius 1 is 1.13 bits per heavy atom. The maximum atomic E-state index is 12.2. The number of nitrogen functional groups attached to an aromatic ring is 1. The molecule has 0 atom stereocenters. The average molecular weight is 576 g/mol. The molecule has 210 valence electrons. The minimum absolute atomic E-state index is 0.0922. The second-order valence-electron chi connectivity index (χ2n) is 7.08. The Kier molecular flexibility index (Phi) is 17.1. The van der Waals surface area contributed by atoms with E-state index in [2.05, 4.69) is 32.3 Å². The first-order valence-corrected chi connectivity index (χ1v) is 12.4. The number of carbonyl (C=O) groups excluding carboxylic acids is 1. The molecule has 3 aromatic rings. The van der Waals surface area contributed by atoms with Gasteiger partial charge in [0.1, 0.15) is 18.4 Å². The Labute approximate surface area is 231 Å². The van der Waals surface area contributed by atoms with Gasteiger partial charge in [0.15, 0.2) is 5.82 Å². The van der Waals surface area contributed by atoms with E-state index in [1.807, 2.05) is 62.9 Å². The van der Waals surface area contributed by atoms with E-state index < -0.39 is 18.6 Å². The van der Waals surface area contributed by atoms with Crippen molar-refractivity contribution in [3.05, 3.63) is 77.4 Å². The molecule has 0 aliphatic carbocycles. The molecule has 0 saturated heterocycles. The smallest absolute Gasteiger partial charge is 0.394 e. The number of allylic oxidation sites excluding steroid dienone is 3. The number of carbonyl (C=O) groups is 1. The Balaban J connectivity index is 0.000000702. The van der Waals surface area contributed by atoms with E-state index in [0.29, 0.717) is 17.5 Å². The van der Waals surface area contributed by atoms with Gasteiger partial charge in [0.25, 0.3) is 5.91 Å². The lowest BCUT2D eigenvalue weighted by molar-refractivity contribution is -0.123. The van der Waals surface area contributed by atoms with Crippen molar-refractivity contribution >= 4 is 46.1 Å². The fourth-order valence-corrected chi connectivity index (χ4v) is 2.92. The molecule has 0 unspecified atom stereocenters. The number of aromatic nitrogens is 3. The van der Waals surface area contributed by atoms with Crippen molar-refractivity contribution in [1.29, 1.82) is 0 Å². The summed E-state index contributed by atoms with van der Waals surface area (Å²) in [4.78, 5) is 15.9. The van der Waals surface area contributed by atoms with Crippen LogP contribution in [0, 0.1) is 0 Å². The van der Waals surface area contributed by atoms with E-state index in [-0.39, 0.29) is 11.4 Å². The zero-order chi connectivity index (χ0) is 29.1. The zero-order valence-corrected chi connectivity index (χ0v) is 23.4. The van der Waals surface area contributed by atoms with Crippen molar-refractivity contribution < 1.29 is 18.0 Å². The van der Waals surface area contributed by atoms with E-state index in [9.17, 15) is 18.0 Å². The summed E-state index contributed by atoms with van der Waals surface area (Å²) in [5, 5.41) is 12.4. The molecular weight excluding hydrogens is 542 g/mol. The molecule has 38 heavy (non-hydrogen) atoms.